The normalized spacial score (nSPS) is 16.4. The van der Waals surface area contributed by atoms with Gasteiger partial charge in [0.1, 0.15) is 5.76 Å². The number of carbonyl (C=O) groups is 1. The van der Waals surface area contributed by atoms with Crippen molar-refractivity contribution in [2.45, 2.75) is 25.8 Å². The molecule has 2 heterocycles. The summed E-state index contributed by atoms with van der Waals surface area (Å²) in [6.07, 6.45) is 3.68. The first-order valence-corrected chi connectivity index (χ1v) is 8.21. The fraction of sp³-hybridized carbons (Fsp3) is 0.412. The van der Waals surface area contributed by atoms with Crippen molar-refractivity contribution in [2.75, 3.05) is 19.6 Å². The molecule has 1 aliphatic heterocycles. The van der Waals surface area contributed by atoms with E-state index < -0.39 is 0 Å². The monoisotopic (exact) mass is 333 g/mol. The smallest absolute Gasteiger partial charge is 0.273 e. The summed E-state index contributed by atoms with van der Waals surface area (Å²) in [6, 6.07) is 7.98. The number of aromatic nitrogens is 1. The number of nitrogens with zero attached hydrogens (tertiary/aromatic N) is 2. The van der Waals surface area contributed by atoms with Gasteiger partial charge in [-0.2, -0.15) is 0 Å². The fourth-order valence-electron chi connectivity index (χ4n) is 2.99. The second kappa shape index (κ2) is 7.15. The van der Waals surface area contributed by atoms with Crippen LogP contribution in [-0.2, 0) is 0 Å². The third-order valence-electron chi connectivity index (χ3n) is 4.25. The van der Waals surface area contributed by atoms with Gasteiger partial charge in [0, 0.05) is 11.6 Å². The molecule has 1 amide bonds. The lowest BCUT2D eigenvalue weighted by molar-refractivity contribution is 0.0932. The van der Waals surface area contributed by atoms with Crippen LogP contribution in [0.2, 0.25) is 5.02 Å². The molecule has 23 heavy (non-hydrogen) atoms. The summed E-state index contributed by atoms with van der Waals surface area (Å²) in [7, 11) is 0. The molecule has 122 valence electrons. The van der Waals surface area contributed by atoms with Crippen molar-refractivity contribution in [3.8, 4) is 0 Å². The molecule has 0 saturated carbocycles. The molecule has 1 N–H and O–H groups in total. The van der Waals surface area contributed by atoms with E-state index in [0.29, 0.717) is 18.0 Å². The minimum Gasteiger partial charge on any atom is -0.448 e. The van der Waals surface area contributed by atoms with Crippen LogP contribution in [0.4, 0.5) is 0 Å². The highest BCUT2D eigenvalue weighted by Gasteiger charge is 2.24. The molecule has 0 spiro atoms. The average Bonchev–Trinajstić information content (AvgIpc) is 3.20. The van der Waals surface area contributed by atoms with Crippen molar-refractivity contribution in [2.24, 2.45) is 0 Å². The lowest BCUT2D eigenvalue weighted by Gasteiger charge is -2.28. The minimum atomic E-state index is -0.200. The number of halogens is 1. The predicted molar refractivity (Wildman–Crippen MR) is 88.6 cm³/mol. The van der Waals surface area contributed by atoms with Gasteiger partial charge in [0.05, 0.1) is 6.04 Å². The van der Waals surface area contributed by atoms with Crippen molar-refractivity contribution < 1.29 is 9.21 Å². The van der Waals surface area contributed by atoms with Gasteiger partial charge < -0.3 is 9.73 Å². The van der Waals surface area contributed by atoms with E-state index in [1.165, 1.54) is 19.2 Å². The molecule has 0 aliphatic carbocycles. The Morgan fingerprint density at radius 3 is 2.65 bits per heavy atom. The molecule has 1 atom stereocenters. The Morgan fingerprint density at radius 2 is 2.04 bits per heavy atom. The number of carbonyl (C=O) groups excluding carboxylic acids is 1. The van der Waals surface area contributed by atoms with Crippen molar-refractivity contribution >= 4 is 17.5 Å². The maximum absolute atomic E-state index is 12.3. The van der Waals surface area contributed by atoms with E-state index in [2.05, 4.69) is 15.2 Å². The molecule has 6 heteroatoms. The number of amides is 1. The first-order valence-electron chi connectivity index (χ1n) is 7.83. The van der Waals surface area contributed by atoms with Crippen molar-refractivity contribution in [1.82, 2.24) is 15.2 Å². The van der Waals surface area contributed by atoms with E-state index in [4.69, 9.17) is 16.0 Å². The first kappa shape index (κ1) is 16.0. The molecule has 0 bridgehead atoms. The number of benzene rings is 1. The SMILES string of the molecule is Cc1ocnc1C(=O)NC[C@@H](c1ccc(Cl)cc1)N1CCCC1. The molecule has 0 radical (unpaired) electrons. The zero-order valence-corrected chi connectivity index (χ0v) is 13.8. The number of likely N-dealkylation sites (tertiary alicyclic amines) is 1. The Hall–Kier alpha value is -1.85. The van der Waals surface area contributed by atoms with E-state index in [0.717, 1.165) is 23.7 Å². The number of rotatable bonds is 5. The molecular formula is C17H20ClN3O2. The number of oxazole rings is 1. The van der Waals surface area contributed by atoms with Gasteiger partial charge in [0.15, 0.2) is 12.1 Å². The summed E-state index contributed by atoms with van der Waals surface area (Å²) >= 11 is 5.99. The van der Waals surface area contributed by atoms with Crippen LogP contribution in [0.1, 0.15) is 40.7 Å². The molecule has 1 aromatic heterocycles. The van der Waals surface area contributed by atoms with Crippen molar-refractivity contribution in [3.63, 3.8) is 0 Å². The number of hydrogen-bond acceptors (Lipinski definition) is 4. The summed E-state index contributed by atoms with van der Waals surface area (Å²) in [5.41, 5.74) is 1.51. The van der Waals surface area contributed by atoms with Gasteiger partial charge in [0.2, 0.25) is 0 Å². The number of nitrogens with one attached hydrogen (secondary N) is 1. The second-order valence-corrected chi connectivity index (χ2v) is 6.21. The summed E-state index contributed by atoms with van der Waals surface area (Å²) < 4.78 is 5.09. The Kier molecular flexibility index (Phi) is 4.98. The van der Waals surface area contributed by atoms with Crippen LogP contribution in [-0.4, -0.2) is 35.4 Å². The number of aryl methyl sites for hydroxylation is 1. The van der Waals surface area contributed by atoms with E-state index in [1.54, 1.807) is 6.92 Å². The molecule has 3 rings (SSSR count). The van der Waals surface area contributed by atoms with Crippen LogP contribution < -0.4 is 5.32 Å². The van der Waals surface area contributed by atoms with Gasteiger partial charge >= 0.3 is 0 Å². The van der Waals surface area contributed by atoms with Crippen molar-refractivity contribution in [3.05, 3.63) is 52.7 Å². The third kappa shape index (κ3) is 3.74. The van der Waals surface area contributed by atoms with Gasteiger partial charge in [-0.15, -0.1) is 0 Å². The highest BCUT2D eigenvalue weighted by Crippen LogP contribution is 2.25. The Balaban J connectivity index is 1.72. The second-order valence-electron chi connectivity index (χ2n) is 5.78. The summed E-state index contributed by atoms with van der Waals surface area (Å²) in [5.74, 6) is 0.334. The molecular weight excluding hydrogens is 314 g/mol. The van der Waals surface area contributed by atoms with E-state index >= 15 is 0 Å². The standard InChI is InChI=1S/C17H20ClN3O2/c1-12-16(20-11-23-12)17(22)19-10-15(21-8-2-3-9-21)13-4-6-14(18)7-5-13/h4-7,11,15H,2-3,8-10H2,1H3,(H,19,22)/t15-/m0/s1. The largest absolute Gasteiger partial charge is 0.448 e. The Labute approximate surface area is 140 Å². The summed E-state index contributed by atoms with van der Waals surface area (Å²) in [6.45, 7) is 4.37. The van der Waals surface area contributed by atoms with Crippen LogP contribution >= 0.6 is 11.6 Å². The number of hydrogen-bond donors (Lipinski definition) is 1. The average molecular weight is 334 g/mol. The molecule has 2 aromatic rings. The molecule has 5 nitrogen and oxygen atoms in total. The quantitative estimate of drug-likeness (QED) is 0.912. The molecule has 0 unspecified atom stereocenters. The van der Waals surface area contributed by atoms with Crippen LogP contribution in [0.3, 0.4) is 0 Å². The third-order valence-corrected chi connectivity index (χ3v) is 4.50. The Bertz CT molecular complexity index is 663. The van der Waals surface area contributed by atoms with Gasteiger partial charge in [-0.05, 0) is 50.6 Å². The highest BCUT2D eigenvalue weighted by atomic mass is 35.5. The molecule has 1 saturated heterocycles. The van der Waals surface area contributed by atoms with Gasteiger partial charge in [0.25, 0.3) is 5.91 Å². The summed E-state index contributed by atoms with van der Waals surface area (Å²) in [4.78, 5) is 18.6. The lowest BCUT2D eigenvalue weighted by atomic mass is 10.1. The molecule has 1 aliphatic rings. The zero-order valence-electron chi connectivity index (χ0n) is 13.1. The molecule has 1 fully saturated rings. The topological polar surface area (TPSA) is 58.4 Å². The maximum atomic E-state index is 12.3. The van der Waals surface area contributed by atoms with Crippen LogP contribution in [0.5, 0.6) is 0 Å². The maximum Gasteiger partial charge on any atom is 0.273 e. The van der Waals surface area contributed by atoms with Gasteiger partial charge in [-0.1, -0.05) is 23.7 Å². The summed E-state index contributed by atoms with van der Waals surface area (Å²) in [5, 5.41) is 3.70. The molecule has 1 aromatic carbocycles. The predicted octanol–water partition coefficient (Wildman–Crippen LogP) is 3.20. The highest BCUT2D eigenvalue weighted by molar-refractivity contribution is 6.30. The van der Waals surface area contributed by atoms with Gasteiger partial charge in [-0.3, -0.25) is 9.69 Å². The van der Waals surface area contributed by atoms with E-state index in [1.807, 2.05) is 24.3 Å². The first-order chi connectivity index (χ1) is 11.1. The van der Waals surface area contributed by atoms with Crippen molar-refractivity contribution in [1.29, 1.82) is 0 Å². The van der Waals surface area contributed by atoms with Crippen LogP contribution in [0.25, 0.3) is 0 Å². The Morgan fingerprint density at radius 1 is 1.35 bits per heavy atom. The van der Waals surface area contributed by atoms with Crippen LogP contribution in [0, 0.1) is 6.92 Å². The van der Waals surface area contributed by atoms with E-state index in [9.17, 15) is 4.79 Å². The zero-order chi connectivity index (χ0) is 16.2. The van der Waals surface area contributed by atoms with Gasteiger partial charge in [-0.25, -0.2) is 4.98 Å². The van der Waals surface area contributed by atoms with Crippen LogP contribution in [0.15, 0.2) is 35.1 Å². The van der Waals surface area contributed by atoms with E-state index in [-0.39, 0.29) is 11.9 Å². The lowest BCUT2D eigenvalue weighted by Crippen LogP contribution is -2.37. The fourth-order valence-corrected chi connectivity index (χ4v) is 3.12. The minimum absolute atomic E-state index is 0.144.